The second-order valence-corrected chi connectivity index (χ2v) is 5.90. The van der Waals surface area contributed by atoms with E-state index >= 15 is 0 Å². The zero-order valence-electron chi connectivity index (χ0n) is 13.1. The van der Waals surface area contributed by atoms with Crippen LogP contribution in [0.4, 0.5) is 0 Å². The first-order chi connectivity index (χ1) is 9.67. The number of nitrogens with zero attached hydrogens (tertiary/aromatic N) is 2. The van der Waals surface area contributed by atoms with Crippen LogP contribution in [0.3, 0.4) is 0 Å². The summed E-state index contributed by atoms with van der Waals surface area (Å²) in [4.78, 5) is 4.63. The van der Waals surface area contributed by atoms with Gasteiger partial charge in [-0.05, 0) is 32.7 Å². The van der Waals surface area contributed by atoms with Crippen molar-refractivity contribution in [2.24, 2.45) is 5.92 Å². The minimum atomic E-state index is -0.0749. The summed E-state index contributed by atoms with van der Waals surface area (Å²) in [6, 6.07) is 0.446. The summed E-state index contributed by atoms with van der Waals surface area (Å²) >= 11 is 0. The van der Waals surface area contributed by atoms with Crippen LogP contribution in [0.15, 0.2) is 4.52 Å². The molecular weight excluding hydrogens is 254 g/mol. The fourth-order valence-corrected chi connectivity index (χ4v) is 3.03. The van der Waals surface area contributed by atoms with E-state index in [-0.39, 0.29) is 6.10 Å². The molecule has 1 saturated carbocycles. The first-order valence-electron chi connectivity index (χ1n) is 7.79. The highest BCUT2D eigenvalue weighted by Crippen LogP contribution is 2.33. The van der Waals surface area contributed by atoms with E-state index in [9.17, 15) is 0 Å². The van der Waals surface area contributed by atoms with Crippen molar-refractivity contribution >= 4 is 0 Å². The molecule has 3 unspecified atom stereocenters. The van der Waals surface area contributed by atoms with Gasteiger partial charge in [-0.1, -0.05) is 31.8 Å². The Hall–Kier alpha value is -0.940. The van der Waals surface area contributed by atoms with Gasteiger partial charge >= 0.3 is 0 Å². The number of aromatic nitrogens is 2. The molecule has 0 aliphatic heterocycles. The predicted octanol–water partition coefficient (Wildman–Crippen LogP) is 3.05. The largest absolute Gasteiger partial charge is 0.370 e. The van der Waals surface area contributed by atoms with Crippen molar-refractivity contribution in [2.75, 3.05) is 13.7 Å². The van der Waals surface area contributed by atoms with E-state index in [2.05, 4.69) is 29.3 Å². The summed E-state index contributed by atoms with van der Waals surface area (Å²) in [6.45, 7) is 6.89. The zero-order chi connectivity index (χ0) is 14.5. The minimum absolute atomic E-state index is 0.0749. The van der Waals surface area contributed by atoms with E-state index in [0.29, 0.717) is 30.3 Å². The molecule has 1 heterocycles. The van der Waals surface area contributed by atoms with Crippen LogP contribution in [0.2, 0.25) is 0 Å². The molecule has 0 saturated heterocycles. The summed E-state index contributed by atoms with van der Waals surface area (Å²) < 4.78 is 11.3. The number of hydrogen-bond donors (Lipinski definition) is 1. The second-order valence-electron chi connectivity index (χ2n) is 5.90. The average molecular weight is 281 g/mol. The summed E-state index contributed by atoms with van der Waals surface area (Å²) in [5, 5.41) is 7.54. The van der Waals surface area contributed by atoms with Crippen molar-refractivity contribution in [1.82, 2.24) is 15.5 Å². The molecule has 0 amide bonds. The smallest absolute Gasteiger partial charge is 0.231 e. The fourth-order valence-electron chi connectivity index (χ4n) is 3.03. The molecule has 2 rings (SSSR count). The summed E-state index contributed by atoms with van der Waals surface area (Å²) in [6.07, 6.45) is 4.73. The van der Waals surface area contributed by atoms with Gasteiger partial charge in [0.15, 0.2) is 0 Å². The van der Waals surface area contributed by atoms with Crippen molar-refractivity contribution in [1.29, 1.82) is 0 Å². The van der Waals surface area contributed by atoms with Crippen LogP contribution in [0.1, 0.15) is 70.2 Å². The van der Waals surface area contributed by atoms with E-state index in [1.807, 2.05) is 14.0 Å². The van der Waals surface area contributed by atoms with Gasteiger partial charge in [0.2, 0.25) is 11.7 Å². The lowest BCUT2D eigenvalue weighted by Crippen LogP contribution is -2.34. The number of rotatable bonds is 6. The Morgan fingerprint density at radius 3 is 2.75 bits per heavy atom. The highest BCUT2D eigenvalue weighted by atomic mass is 16.5. The standard InChI is InChI=1S/C15H27N3O2/c1-5-19-13(10(2)3)14-17-15(20-18-14)11-8-6-7-9-12(11)16-4/h10-13,16H,5-9H2,1-4H3. The van der Waals surface area contributed by atoms with E-state index < -0.39 is 0 Å². The first-order valence-corrected chi connectivity index (χ1v) is 7.79. The van der Waals surface area contributed by atoms with Crippen LogP contribution in [-0.2, 0) is 4.74 Å². The zero-order valence-corrected chi connectivity index (χ0v) is 13.1. The van der Waals surface area contributed by atoms with E-state index in [1.54, 1.807) is 0 Å². The Balaban J connectivity index is 2.14. The predicted molar refractivity (Wildman–Crippen MR) is 77.6 cm³/mol. The quantitative estimate of drug-likeness (QED) is 0.868. The fraction of sp³-hybridized carbons (Fsp3) is 0.867. The van der Waals surface area contributed by atoms with Crippen LogP contribution >= 0.6 is 0 Å². The van der Waals surface area contributed by atoms with Crippen LogP contribution in [0.5, 0.6) is 0 Å². The molecule has 114 valence electrons. The van der Waals surface area contributed by atoms with Gasteiger partial charge in [-0.2, -0.15) is 4.98 Å². The molecule has 0 aromatic carbocycles. The maximum Gasteiger partial charge on any atom is 0.231 e. The van der Waals surface area contributed by atoms with Crippen LogP contribution < -0.4 is 5.32 Å². The molecular formula is C15H27N3O2. The van der Waals surface area contributed by atoms with Crippen LogP contribution in [0.25, 0.3) is 0 Å². The van der Waals surface area contributed by atoms with Gasteiger partial charge < -0.3 is 14.6 Å². The Bertz CT molecular complexity index is 406. The van der Waals surface area contributed by atoms with Crippen LogP contribution in [-0.4, -0.2) is 29.8 Å². The Morgan fingerprint density at radius 2 is 2.10 bits per heavy atom. The number of ether oxygens (including phenoxy) is 1. The minimum Gasteiger partial charge on any atom is -0.370 e. The van der Waals surface area contributed by atoms with Gasteiger partial charge in [-0.3, -0.25) is 0 Å². The Kier molecular flexibility index (Phi) is 5.54. The van der Waals surface area contributed by atoms with Gasteiger partial charge in [0.25, 0.3) is 0 Å². The topological polar surface area (TPSA) is 60.2 Å². The van der Waals surface area contributed by atoms with Gasteiger partial charge in [0.1, 0.15) is 6.10 Å². The number of nitrogens with one attached hydrogen (secondary N) is 1. The van der Waals surface area contributed by atoms with Gasteiger partial charge in [-0.15, -0.1) is 0 Å². The first kappa shape index (κ1) is 15.4. The summed E-state index contributed by atoms with van der Waals surface area (Å²) in [5.41, 5.74) is 0. The highest BCUT2D eigenvalue weighted by molar-refractivity contribution is 5.03. The van der Waals surface area contributed by atoms with Crippen molar-refractivity contribution in [3.05, 3.63) is 11.7 Å². The lowest BCUT2D eigenvalue weighted by molar-refractivity contribution is 0.0217. The van der Waals surface area contributed by atoms with Crippen molar-refractivity contribution in [2.45, 2.75) is 64.5 Å². The molecule has 20 heavy (non-hydrogen) atoms. The van der Waals surface area contributed by atoms with Gasteiger partial charge in [0.05, 0.1) is 5.92 Å². The lowest BCUT2D eigenvalue weighted by Gasteiger charge is -2.28. The van der Waals surface area contributed by atoms with E-state index in [4.69, 9.17) is 9.26 Å². The molecule has 0 bridgehead atoms. The molecule has 5 heteroatoms. The third-order valence-electron chi connectivity index (χ3n) is 4.12. The maximum absolute atomic E-state index is 5.74. The molecule has 1 aromatic rings. The van der Waals surface area contributed by atoms with Gasteiger partial charge in [0, 0.05) is 12.6 Å². The Labute approximate surface area is 121 Å². The maximum atomic E-state index is 5.74. The molecule has 5 nitrogen and oxygen atoms in total. The van der Waals surface area contributed by atoms with Gasteiger partial charge in [-0.25, -0.2) is 0 Å². The molecule has 0 spiro atoms. The molecule has 1 fully saturated rings. The number of hydrogen-bond acceptors (Lipinski definition) is 5. The Morgan fingerprint density at radius 1 is 1.35 bits per heavy atom. The number of likely N-dealkylation sites (N-methyl/N-ethyl adjacent to an activating group) is 1. The second kappa shape index (κ2) is 7.18. The monoisotopic (exact) mass is 281 g/mol. The molecule has 1 aliphatic carbocycles. The normalized spacial score (nSPS) is 25.1. The lowest BCUT2D eigenvalue weighted by atomic mass is 9.84. The van der Waals surface area contributed by atoms with E-state index in [1.165, 1.54) is 19.3 Å². The summed E-state index contributed by atoms with van der Waals surface area (Å²) in [5.74, 6) is 2.14. The molecule has 1 aliphatic rings. The molecule has 0 radical (unpaired) electrons. The van der Waals surface area contributed by atoms with Crippen molar-refractivity contribution < 1.29 is 9.26 Å². The molecule has 1 N–H and O–H groups in total. The summed E-state index contributed by atoms with van der Waals surface area (Å²) in [7, 11) is 2.01. The van der Waals surface area contributed by atoms with Crippen molar-refractivity contribution in [3.8, 4) is 0 Å². The third kappa shape index (κ3) is 3.38. The van der Waals surface area contributed by atoms with Crippen LogP contribution in [0, 0.1) is 5.92 Å². The molecule has 3 atom stereocenters. The highest BCUT2D eigenvalue weighted by Gasteiger charge is 2.31. The SMILES string of the molecule is CCOC(c1noc(C2CCCCC2NC)n1)C(C)C. The molecule has 1 aromatic heterocycles. The van der Waals surface area contributed by atoms with Crippen molar-refractivity contribution in [3.63, 3.8) is 0 Å². The van der Waals surface area contributed by atoms with E-state index in [0.717, 1.165) is 12.3 Å². The third-order valence-corrected chi connectivity index (χ3v) is 4.12. The average Bonchev–Trinajstić information content (AvgIpc) is 2.93.